The fourth-order valence-electron chi connectivity index (χ4n) is 0.796. The summed E-state index contributed by atoms with van der Waals surface area (Å²) in [7, 11) is 0. The number of carbonyl (C=O) groups is 1. The van der Waals surface area contributed by atoms with E-state index in [1.54, 1.807) is 56.3 Å². The van der Waals surface area contributed by atoms with Gasteiger partial charge in [0.1, 0.15) is 11.5 Å². The molecule has 0 aliphatic carbocycles. The van der Waals surface area contributed by atoms with Crippen molar-refractivity contribution in [2.45, 2.75) is 69.2 Å². The molecule has 1 rings (SSSR count). The molecule has 0 radical (unpaired) electrons. The van der Waals surface area contributed by atoms with Crippen LogP contribution in [0.3, 0.4) is 0 Å². The van der Waals surface area contributed by atoms with Crippen LogP contribution in [0.15, 0.2) is 67.5 Å². The number of hydrogen-bond acceptors (Lipinski definition) is 3. The maximum atomic E-state index is 11.1. The van der Waals surface area contributed by atoms with Crippen molar-refractivity contribution in [2.75, 3.05) is 0 Å². The summed E-state index contributed by atoms with van der Waals surface area (Å²) in [5.74, 6) is 0.993. The van der Waals surface area contributed by atoms with E-state index >= 15 is 0 Å². The zero-order chi connectivity index (χ0) is 21.8. The van der Waals surface area contributed by atoms with Gasteiger partial charge in [-0.2, -0.15) is 0 Å². The van der Waals surface area contributed by atoms with Crippen molar-refractivity contribution in [1.29, 1.82) is 0 Å². The Labute approximate surface area is 163 Å². The number of rotatable bonds is 3. The molecule has 0 aliphatic heterocycles. The highest BCUT2D eigenvalue weighted by molar-refractivity contribution is 5.64. The van der Waals surface area contributed by atoms with E-state index in [0.29, 0.717) is 11.5 Å². The lowest BCUT2D eigenvalue weighted by Crippen LogP contribution is -2.08. The van der Waals surface area contributed by atoms with Crippen LogP contribution >= 0.6 is 0 Å². The molecular weight excluding hydrogens is 324 g/mol. The van der Waals surface area contributed by atoms with Crippen LogP contribution in [0.2, 0.25) is 0 Å². The van der Waals surface area contributed by atoms with Gasteiger partial charge in [0, 0.05) is 0 Å². The average Bonchev–Trinajstić information content (AvgIpc) is 2.74. The lowest BCUT2D eigenvalue weighted by Gasteiger charge is -2.04. The number of carbonyl (C=O) groups excluding carboxylic acids is 1. The summed E-state index contributed by atoms with van der Waals surface area (Å²) in [6.07, 6.45) is 4.25. The van der Waals surface area contributed by atoms with Gasteiger partial charge in [0.05, 0.1) is 0 Å². The molecule has 0 spiro atoms. The van der Waals surface area contributed by atoms with E-state index in [0.717, 1.165) is 0 Å². The molecule has 0 saturated carbocycles. The molecule has 0 bridgehead atoms. The summed E-state index contributed by atoms with van der Waals surface area (Å²) in [6.45, 7) is 26.2. The Balaban J connectivity index is -0.000000103. The molecule has 0 heterocycles. The van der Waals surface area contributed by atoms with Gasteiger partial charge in [0.2, 0.25) is 0 Å². The number of hydrogen-bond donors (Lipinski definition) is 0. The van der Waals surface area contributed by atoms with Crippen molar-refractivity contribution in [3.05, 3.63) is 67.5 Å². The van der Waals surface area contributed by atoms with E-state index in [-0.39, 0.29) is 0 Å². The Hall–Kier alpha value is -2.29. The number of allylic oxidation sites excluding steroid dienone is 4. The van der Waals surface area contributed by atoms with Crippen molar-refractivity contribution < 1.29 is 14.3 Å². The summed E-state index contributed by atoms with van der Waals surface area (Å²) in [6, 6.07) is 8.78. The fourth-order valence-corrected chi connectivity index (χ4v) is 0.796. The minimum absolute atomic E-state index is 0.474. The predicted octanol–water partition coefficient (Wildman–Crippen LogP) is 8.59. The van der Waals surface area contributed by atoms with Crippen LogP contribution in [0.4, 0.5) is 4.79 Å². The van der Waals surface area contributed by atoms with Gasteiger partial charge in [-0.1, -0.05) is 98.9 Å². The van der Waals surface area contributed by atoms with E-state index in [9.17, 15) is 4.79 Å². The molecule has 152 valence electrons. The fraction of sp³-hybridized carbons (Fsp3) is 0.435. The summed E-state index contributed by atoms with van der Waals surface area (Å²) >= 11 is 0. The Morgan fingerprint density at radius 3 is 1.54 bits per heavy atom. The van der Waals surface area contributed by atoms with E-state index in [1.165, 1.54) is 0 Å². The first kappa shape index (κ1) is 34.9. The van der Waals surface area contributed by atoms with Crippen LogP contribution in [0.5, 0.6) is 5.75 Å². The van der Waals surface area contributed by atoms with Gasteiger partial charge in [-0.25, -0.2) is 4.79 Å². The third-order valence-corrected chi connectivity index (χ3v) is 1.76. The molecule has 0 N–H and O–H groups in total. The largest absolute Gasteiger partial charge is 0.519 e. The van der Waals surface area contributed by atoms with Crippen LogP contribution in [0, 0.1) is 0 Å². The van der Waals surface area contributed by atoms with Gasteiger partial charge < -0.3 is 9.47 Å². The Morgan fingerprint density at radius 2 is 1.23 bits per heavy atom. The smallest absolute Gasteiger partial charge is 0.400 e. The second kappa shape index (κ2) is 38.3. The topological polar surface area (TPSA) is 35.5 Å². The molecule has 0 aromatic heterocycles. The zero-order valence-electron chi connectivity index (χ0n) is 18.8. The highest BCUT2D eigenvalue weighted by atomic mass is 16.7. The molecule has 0 amide bonds. The first-order chi connectivity index (χ1) is 12.6. The van der Waals surface area contributed by atoms with Crippen molar-refractivity contribution in [2.24, 2.45) is 0 Å². The SMILES string of the molecule is C/C=C(\C)OC(=O)Oc1ccccc1.C=CC=C.CC.CC.CC.CC. The van der Waals surface area contributed by atoms with Crippen LogP contribution in [-0.2, 0) is 4.74 Å². The normalized spacial score (nSPS) is 7.54. The minimum atomic E-state index is -0.716. The summed E-state index contributed by atoms with van der Waals surface area (Å²) in [5.41, 5.74) is 0. The maximum Gasteiger partial charge on any atom is 0.519 e. The number of ether oxygens (including phenoxy) is 2. The quantitative estimate of drug-likeness (QED) is 0.232. The van der Waals surface area contributed by atoms with Crippen molar-refractivity contribution in [3.63, 3.8) is 0 Å². The second-order valence-corrected chi connectivity index (χ2v) is 3.14. The first-order valence-corrected chi connectivity index (χ1v) is 9.45. The summed E-state index contributed by atoms with van der Waals surface area (Å²) in [4.78, 5) is 11.1. The van der Waals surface area contributed by atoms with Crippen LogP contribution in [0.1, 0.15) is 69.2 Å². The van der Waals surface area contributed by atoms with E-state index in [2.05, 4.69) is 13.2 Å². The van der Waals surface area contributed by atoms with Crippen molar-refractivity contribution in [3.8, 4) is 5.75 Å². The number of para-hydroxylation sites is 1. The third-order valence-electron chi connectivity index (χ3n) is 1.76. The third kappa shape index (κ3) is 33.3. The monoisotopic (exact) mass is 366 g/mol. The molecule has 0 aliphatic rings. The maximum absolute atomic E-state index is 11.1. The molecule has 0 atom stereocenters. The van der Waals surface area contributed by atoms with Gasteiger partial charge in [-0.05, 0) is 32.1 Å². The molecular formula is C23H42O3. The van der Waals surface area contributed by atoms with Gasteiger partial charge in [0.25, 0.3) is 0 Å². The van der Waals surface area contributed by atoms with Crippen molar-refractivity contribution >= 4 is 6.16 Å². The zero-order valence-corrected chi connectivity index (χ0v) is 18.8. The van der Waals surface area contributed by atoms with Gasteiger partial charge in [-0.3, -0.25) is 0 Å². The van der Waals surface area contributed by atoms with E-state index in [1.807, 2.05) is 61.5 Å². The Kier molecular flexibility index (Phi) is 51.5. The van der Waals surface area contributed by atoms with E-state index < -0.39 is 6.16 Å². The molecule has 3 heteroatoms. The van der Waals surface area contributed by atoms with Gasteiger partial charge in [-0.15, -0.1) is 0 Å². The van der Waals surface area contributed by atoms with Crippen LogP contribution < -0.4 is 4.74 Å². The van der Waals surface area contributed by atoms with E-state index in [4.69, 9.17) is 9.47 Å². The standard InChI is InChI=1S/C11H12O3.C4H6.4C2H6/c1-3-9(2)13-11(12)14-10-7-5-4-6-8-10;1-3-4-2;4*1-2/h3-8H,1-2H3;3-4H,1-2H2;4*1-2H3/b9-3+;;;;;. The number of benzene rings is 1. The molecule has 0 saturated heterocycles. The second-order valence-electron chi connectivity index (χ2n) is 3.14. The van der Waals surface area contributed by atoms with Crippen molar-refractivity contribution in [1.82, 2.24) is 0 Å². The van der Waals surface area contributed by atoms with Gasteiger partial charge in [0.15, 0.2) is 0 Å². The molecule has 0 unspecified atom stereocenters. The predicted molar refractivity (Wildman–Crippen MR) is 119 cm³/mol. The highest BCUT2D eigenvalue weighted by Gasteiger charge is 2.05. The Bertz CT molecular complexity index is 401. The molecule has 3 nitrogen and oxygen atoms in total. The highest BCUT2D eigenvalue weighted by Crippen LogP contribution is 2.10. The minimum Gasteiger partial charge on any atom is -0.400 e. The Morgan fingerprint density at radius 1 is 0.846 bits per heavy atom. The van der Waals surface area contributed by atoms with Crippen LogP contribution in [-0.4, -0.2) is 6.16 Å². The molecule has 1 aromatic carbocycles. The molecule has 0 fully saturated rings. The summed E-state index contributed by atoms with van der Waals surface area (Å²) in [5, 5.41) is 0. The summed E-state index contributed by atoms with van der Waals surface area (Å²) < 4.78 is 9.69. The average molecular weight is 367 g/mol. The molecule has 26 heavy (non-hydrogen) atoms. The van der Waals surface area contributed by atoms with Gasteiger partial charge >= 0.3 is 6.16 Å². The lowest BCUT2D eigenvalue weighted by molar-refractivity contribution is 0.126. The first-order valence-electron chi connectivity index (χ1n) is 9.45. The van der Waals surface area contributed by atoms with Crippen LogP contribution in [0.25, 0.3) is 0 Å². The molecule has 1 aromatic rings. The lowest BCUT2D eigenvalue weighted by atomic mass is 10.3.